The maximum Gasteiger partial charge on any atom is 0.0333 e. The van der Waals surface area contributed by atoms with E-state index in [4.69, 9.17) is 5.73 Å². The molecule has 1 aliphatic carbocycles. The topological polar surface area (TPSA) is 32.5 Å². The van der Waals surface area contributed by atoms with Gasteiger partial charge in [-0.3, -0.25) is 4.90 Å². The molecular weight excluding hydrogens is 174 g/mol. The van der Waals surface area contributed by atoms with Crippen LogP contribution >= 0.6 is 0 Å². The lowest BCUT2D eigenvalue weighted by atomic mass is 10.2. The van der Waals surface area contributed by atoms with Gasteiger partial charge in [-0.2, -0.15) is 0 Å². The van der Waals surface area contributed by atoms with Crippen molar-refractivity contribution in [1.29, 1.82) is 0 Å². The molecule has 1 fully saturated rings. The third-order valence-electron chi connectivity index (χ3n) is 3.29. The molecule has 84 valence electrons. The Morgan fingerprint density at radius 1 is 1.21 bits per heavy atom. The zero-order valence-corrected chi connectivity index (χ0v) is 9.92. The van der Waals surface area contributed by atoms with Crippen LogP contribution in [0.25, 0.3) is 0 Å². The molecule has 0 aliphatic heterocycles. The molecule has 0 unspecified atom stereocenters. The lowest BCUT2D eigenvalue weighted by Gasteiger charge is -2.30. The van der Waals surface area contributed by atoms with Gasteiger partial charge in [-0.1, -0.05) is 6.92 Å². The van der Waals surface area contributed by atoms with Crippen molar-refractivity contribution >= 4 is 0 Å². The van der Waals surface area contributed by atoms with Crippen molar-refractivity contribution in [3.8, 4) is 0 Å². The van der Waals surface area contributed by atoms with E-state index in [2.05, 4.69) is 30.8 Å². The maximum absolute atomic E-state index is 5.82. The Balaban J connectivity index is 2.25. The maximum atomic E-state index is 5.82. The molecule has 0 heterocycles. The molecule has 0 saturated heterocycles. The van der Waals surface area contributed by atoms with Crippen LogP contribution in [0.2, 0.25) is 0 Å². The van der Waals surface area contributed by atoms with Crippen LogP contribution in [0.5, 0.6) is 0 Å². The summed E-state index contributed by atoms with van der Waals surface area (Å²) in [6.07, 6.45) is 3.86. The normalized spacial score (nSPS) is 19.3. The molecule has 0 radical (unpaired) electrons. The number of hydrogen-bond donors (Lipinski definition) is 1. The highest BCUT2D eigenvalue weighted by Crippen LogP contribution is 2.40. The second kappa shape index (κ2) is 5.10. The highest BCUT2D eigenvalue weighted by Gasteiger charge is 2.45. The summed E-state index contributed by atoms with van der Waals surface area (Å²) in [7, 11) is 4.26. The minimum Gasteiger partial charge on any atom is -0.329 e. The Hall–Kier alpha value is -0.120. The molecule has 0 aromatic carbocycles. The van der Waals surface area contributed by atoms with E-state index in [1.54, 1.807) is 0 Å². The summed E-state index contributed by atoms with van der Waals surface area (Å²) in [6.45, 7) is 6.60. The molecular formula is C11H25N3. The molecule has 1 saturated carbocycles. The third-order valence-corrected chi connectivity index (χ3v) is 3.29. The van der Waals surface area contributed by atoms with E-state index in [0.29, 0.717) is 5.54 Å². The summed E-state index contributed by atoms with van der Waals surface area (Å²) in [5.74, 6) is 0. The predicted molar refractivity (Wildman–Crippen MR) is 61.4 cm³/mol. The standard InChI is InChI=1S/C11H25N3/c1-4-14(9-5-8-13(2)3)11(10-12)6-7-11/h4-10,12H2,1-3H3. The third kappa shape index (κ3) is 2.94. The van der Waals surface area contributed by atoms with Gasteiger partial charge in [0, 0.05) is 12.1 Å². The zero-order chi connectivity index (χ0) is 10.6. The van der Waals surface area contributed by atoms with E-state index >= 15 is 0 Å². The van der Waals surface area contributed by atoms with Gasteiger partial charge >= 0.3 is 0 Å². The highest BCUT2D eigenvalue weighted by atomic mass is 15.2. The smallest absolute Gasteiger partial charge is 0.0333 e. The summed E-state index contributed by atoms with van der Waals surface area (Å²) in [6, 6.07) is 0. The largest absolute Gasteiger partial charge is 0.329 e. The van der Waals surface area contributed by atoms with E-state index in [1.807, 2.05) is 0 Å². The fourth-order valence-corrected chi connectivity index (χ4v) is 2.10. The Labute approximate surface area is 88.2 Å². The van der Waals surface area contributed by atoms with Gasteiger partial charge in [0.1, 0.15) is 0 Å². The monoisotopic (exact) mass is 199 g/mol. The minimum atomic E-state index is 0.390. The summed E-state index contributed by atoms with van der Waals surface area (Å²) in [4.78, 5) is 4.81. The van der Waals surface area contributed by atoms with Crippen LogP contribution in [-0.2, 0) is 0 Å². The molecule has 0 aromatic rings. The number of rotatable bonds is 7. The van der Waals surface area contributed by atoms with Gasteiger partial charge in [0.25, 0.3) is 0 Å². The van der Waals surface area contributed by atoms with Gasteiger partial charge < -0.3 is 10.6 Å². The van der Waals surface area contributed by atoms with Gasteiger partial charge in [0.05, 0.1) is 0 Å². The van der Waals surface area contributed by atoms with Crippen LogP contribution < -0.4 is 5.73 Å². The first kappa shape index (κ1) is 12.0. The summed E-state index contributed by atoms with van der Waals surface area (Å²) < 4.78 is 0. The zero-order valence-electron chi connectivity index (χ0n) is 9.92. The van der Waals surface area contributed by atoms with Crippen LogP contribution in [-0.4, -0.2) is 55.6 Å². The molecule has 3 nitrogen and oxygen atoms in total. The highest BCUT2D eigenvalue weighted by molar-refractivity contribution is 5.04. The molecule has 0 aromatic heterocycles. The number of nitrogens with zero attached hydrogens (tertiary/aromatic N) is 2. The Morgan fingerprint density at radius 2 is 1.86 bits per heavy atom. The molecule has 0 amide bonds. The van der Waals surface area contributed by atoms with Crippen LogP contribution in [0.1, 0.15) is 26.2 Å². The van der Waals surface area contributed by atoms with Crippen LogP contribution in [0.15, 0.2) is 0 Å². The van der Waals surface area contributed by atoms with Gasteiger partial charge in [0.2, 0.25) is 0 Å². The van der Waals surface area contributed by atoms with Crippen molar-refractivity contribution in [2.75, 3.05) is 40.3 Å². The minimum absolute atomic E-state index is 0.390. The van der Waals surface area contributed by atoms with Gasteiger partial charge in [-0.25, -0.2) is 0 Å². The van der Waals surface area contributed by atoms with Crippen molar-refractivity contribution in [2.45, 2.75) is 31.7 Å². The second-order valence-corrected chi connectivity index (χ2v) is 4.66. The fraction of sp³-hybridized carbons (Fsp3) is 1.00. The SMILES string of the molecule is CCN(CCCN(C)C)C1(CN)CC1. The average molecular weight is 199 g/mol. The Kier molecular flexibility index (Phi) is 4.35. The average Bonchev–Trinajstić information content (AvgIpc) is 2.93. The van der Waals surface area contributed by atoms with Crippen molar-refractivity contribution < 1.29 is 0 Å². The number of likely N-dealkylation sites (N-methyl/N-ethyl adjacent to an activating group) is 1. The van der Waals surface area contributed by atoms with E-state index in [1.165, 1.54) is 32.4 Å². The first-order valence-corrected chi connectivity index (χ1v) is 5.74. The van der Waals surface area contributed by atoms with Crippen molar-refractivity contribution in [2.24, 2.45) is 5.73 Å². The molecule has 0 atom stereocenters. The Morgan fingerprint density at radius 3 is 2.21 bits per heavy atom. The van der Waals surface area contributed by atoms with Crippen LogP contribution in [0.4, 0.5) is 0 Å². The molecule has 1 aliphatic rings. The fourth-order valence-electron chi connectivity index (χ4n) is 2.10. The molecule has 0 spiro atoms. The first-order valence-electron chi connectivity index (χ1n) is 5.74. The number of hydrogen-bond acceptors (Lipinski definition) is 3. The summed E-state index contributed by atoms with van der Waals surface area (Å²) >= 11 is 0. The lowest BCUT2D eigenvalue weighted by Crippen LogP contribution is -2.43. The van der Waals surface area contributed by atoms with Crippen LogP contribution in [0.3, 0.4) is 0 Å². The second-order valence-electron chi connectivity index (χ2n) is 4.66. The van der Waals surface area contributed by atoms with E-state index in [0.717, 1.165) is 13.1 Å². The molecule has 0 bridgehead atoms. The lowest BCUT2D eigenvalue weighted by molar-refractivity contribution is 0.182. The van der Waals surface area contributed by atoms with E-state index in [9.17, 15) is 0 Å². The number of nitrogens with two attached hydrogens (primary N) is 1. The Bertz CT molecular complexity index is 164. The van der Waals surface area contributed by atoms with E-state index < -0.39 is 0 Å². The van der Waals surface area contributed by atoms with Crippen molar-refractivity contribution in [1.82, 2.24) is 9.80 Å². The summed E-state index contributed by atoms with van der Waals surface area (Å²) in [5.41, 5.74) is 6.21. The van der Waals surface area contributed by atoms with Crippen LogP contribution in [0, 0.1) is 0 Å². The summed E-state index contributed by atoms with van der Waals surface area (Å²) in [5, 5.41) is 0. The first-order chi connectivity index (χ1) is 6.64. The van der Waals surface area contributed by atoms with Gasteiger partial charge in [0.15, 0.2) is 0 Å². The predicted octanol–water partition coefficient (Wildman–Crippen LogP) is 0.751. The van der Waals surface area contributed by atoms with E-state index in [-0.39, 0.29) is 0 Å². The van der Waals surface area contributed by atoms with Gasteiger partial charge in [-0.15, -0.1) is 0 Å². The molecule has 14 heavy (non-hydrogen) atoms. The van der Waals surface area contributed by atoms with Gasteiger partial charge in [-0.05, 0) is 53.0 Å². The molecule has 1 rings (SSSR count). The van der Waals surface area contributed by atoms with Crippen molar-refractivity contribution in [3.05, 3.63) is 0 Å². The quantitative estimate of drug-likeness (QED) is 0.657. The molecule has 3 heteroatoms. The van der Waals surface area contributed by atoms with Crippen molar-refractivity contribution in [3.63, 3.8) is 0 Å². The molecule has 2 N–H and O–H groups in total.